The predicted octanol–water partition coefficient (Wildman–Crippen LogP) is 2.64. The number of halogens is 2. The number of carbonyl (C=O) groups is 1. The molecule has 0 saturated carbocycles. The minimum absolute atomic E-state index is 0.193. The van der Waals surface area contributed by atoms with Crippen molar-refractivity contribution in [2.24, 2.45) is 0 Å². The zero-order valence-corrected chi connectivity index (χ0v) is 13.5. The lowest BCUT2D eigenvalue weighted by molar-refractivity contribution is 0.100. The SMILES string of the molecule is CCS(=O)(=O)[C@](Cl)(I)C(=O)c1ccc(OC)cc1. The van der Waals surface area contributed by atoms with Crippen molar-refractivity contribution in [3.8, 4) is 5.75 Å². The van der Waals surface area contributed by atoms with Crippen molar-refractivity contribution in [3.63, 3.8) is 0 Å². The molecule has 0 aliphatic heterocycles. The molecule has 1 aromatic rings. The van der Waals surface area contributed by atoms with Gasteiger partial charge in [-0.25, -0.2) is 8.42 Å². The second-order valence-corrected chi connectivity index (χ2v) is 9.68. The maximum Gasteiger partial charge on any atom is 0.257 e. The first-order valence-electron chi connectivity index (χ1n) is 5.05. The van der Waals surface area contributed by atoms with E-state index in [9.17, 15) is 13.2 Å². The molecule has 0 spiro atoms. The van der Waals surface area contributed by atoms with Gasteiger partial charge in [0.2, 0.25) is 5.78 Å². The highest BCUT2D eigenvalue weighted by Crippen LogP contribution is 2.35. The van der Waals surface area contributed by atoms with Crippen LogP contribution in [0.3, 0.4) is 0 Å². The standard InChI is InChI=1S/C11H12ClIO4S/c1-3-18(15,16)11(12,13)10(14)8-4-6-9(17-2)7-5-8/h4-7H,3H2,1-2H3/t11-/m1/s1. The van der Waals surface area contributed by atoms with Crippen molar-refractivity contribution in [2.45, 2.75) is 9.14 Å². The van der Waals surface area contributed by atoms with Gasteiger partial charge in [-0.3, -0.25) is 4.79 Å². The molecule has 0 radical (unpaired) electrons. The van der Waals surface area contributed by atoms with Gasteiger partial charge in [-0.15, -0.1) is 0 Å². The van der Waals surface area contributed by atoms with Crippen molar-refractivity contribution >= 4 is 49.8 Å². The van der Waals surface area contributed by atoms with Crippen LogP contribution in [0.25, 0.3) is 0 Å². The molecule has 0 bridgehead atoms. The first-order valence-corrected chi connectivity index (χ1v) is 8.16. The zero-order chi connectivity index (χ0) is 14.0. The zero-order valence-electron chi connectivity index (χ0n) is 9.81. The van der Waals surface area contributed by atoms with Crippen LogP contribution in [0.1, 0.15) is 17.3 Å². The molecule has 1 aromatic carbocycles. The van der Waals surface area contributed by atoms with Gasteiger partial charge < -0.3 is 4.74 Å². The molecule has 0 aliphatic carbocycles. The van der Waals surface area contributed by atoms with Gasteiger partial charge in [0.1, 0.15) is 5.75 Å². The summed E-state index contributed by atoms with van der Waals surface area (Å²) in [7, 11) is -2.19. The van der Waals surface area contributed by atoms with Crippen LogP contribution in [0, 0.1) is 0 Å². The molecule has 1 atom stereocenters. The van der Waals surface area contributed by atoms with E-state index in [-0.39, 0.29) is 11.3 Å². The van der Waals surface area contributed by atoms with E-state index in [0.717, 1.165) is 0 Å². The molecule has 0 saturated heterocycles. The van der Waals surface area contributed by atoms with Gasteiger partial charge in [0.15, 0.2) is 9.84 Å². The summed E-state index contributed by atoms with van der Waals surface area (Å²) in [6.07, 6.45) is 0. The normalized spacial score (nSPS) is 14.9. The van der Waals surface area contributed by atoms with Gasteiger partial charge in [0.25, 0.3) is 2.21 Å². The van der Waals surface area contributed by atoms with Crippen LogP contribution in [0.15, 0.2) is 24.3 Å². The molecular weight excluding hydrogens is 391 g/mol. The molecule has 0 aromatic heterocycles. The number of ether oxygens (including phenoxy) is 1. The minimum atomic E-state index is -3.69. The summed E-state index contributed by atoms with van der Waals surface area (Å²) in [4.78, 5) is 12.1. The molecule has 7 heteroatoms. The van der Waals surface area contributed by atoms with Crippen LogP contribution in [-0.2, 0) is 9.84 Å². The van der Waals surface area contributed by atoms with E-state index in [4.69, 9.17) is 16.3 Å². The number of hydrogen-bond donors (Lipinski definition) is 0. The van der Waals surface area contributed by atoms with E-state index in [1.54, 1.807) is 12.1 Å². The molecular formula is C11H12ClIO4S. The summed E-state index contributed by atoms with van der Waals surface area (Å²) in [6.45, 7) is 1.45. The average Bonchev–Trinajstić information content (AvgIpc) is 2.37. The Hall–Kier alpha value is -0.340. The van der Waals surface area contributed by atoms with Gasteiger partial charge in [0, 0.05) is 5.56 Å². The molecule has 0 aliphatic rings. The number of rotatable bonds is 5. The van der Waals surface area contributed by atoms with Crippen LogP contribution in [-0.4, -0.2) is 29.3 Å². The number of carbonyl (C=O) groups excluding carboxylic acids is 1. The maximum atomic E-state index is 12.1. The molecule has 18 heavy (non-hydrogen) atoms. The topological polar surface area (TPSA) is 60.4 Å². The fourth-order valence-electron chi connectivity index (χ4n) is 1.23. The molecule has 0 unspecified atom stereocenters. The van der Waals surface area contributed by atoms with E-state index in [2.05, 4.69) is 0 Å². The summed E-state index contributed by atoms with van der Waals surface area (Å²) >= 11 is 7.37. The summed E-state index contributed by atoms with van der Waals surface area (Å²) in [6, 6.07) is 6.13. The van der Waals surface area contributed by atoms with Crippen molar-refractivity contribution in [1.82, 2.24) is 0 Å². The van der Waals surface area contributed by atoms with E-state index >= 15 is 0 Å². The van der Waals surface area contributed by atoms with Crippen LogP contribution >= 0.6 is 34.2 Å². The Labute approximate surface area is 125 Å². The Morgan fingerprint density at radius 1 is 1.39 bits per heavy atom. The van der Waals surface area contributed by atoms with Gasteiger partial charge in [-0.1, -0.05) is 18.5 Å². The van der Waals surface area contributed by atoms with Crippen molar-refractivity contribution < 1.29 is 17.9 Å². The average molecular weight is 403 g/mol. The van der Waals surface area contributed by atoms with E-state index in [1.807, 2.05) is 0 Å². The number of benzene rings is 1. The Morgan fingerprint density at radius 2 is 1.89 bits per heavy atom. The van der Waals surface area contributed by atoms with Crippen LogP contribution in [0.4, 0.5) is 0 Å². The fourth-order valence-corrected chi connectivity index (χ4v) is 3.68. The highest BCUT2D eigenvalue weighted by molar-refractivity contribution is 14.1. The highest BCUT2D eigenvalue weighted by Gasteiger charge is 2.45. The molecule has 1 rings (SSSR count). The Balaban J connectivity index is 3.14. The summed E-state index contributed by atoms with van der Waals surface area (Å²) in [5.41, 5.74) is 0.234. The molecule has 0 heterocycles. The van der Waals surface area contributed by atoms with Crippen LogP contribution < -0.4 is 4.74 Å². The summed E-state index contributed by atoms with van der Waals surface area (Å²) < 4.78 is 26.5. The van der Waals surface area contributed by atoms with E-state index in [0.29, 0.717) is 5.75 Å². The van der Waals surface area contributed by atoms with E-state index < -0.39 is 17.8 Å². The van der Waals surface area contributed by atoms with Gasteiger partial charge in [-0.2, -0.15) is 0 Å². The predicted molar refractivity (Wildman–Crippen MR) is 79.4 cm³/mol. The Morgan fingerprint density at radius 3 is 2.28 bits per heavy atom. The number of hydrogen-bond acceptors (Lipinski definition) is 4. The Kier molecular flexibility index (Phi) is 5.02. The molecule has 0 fully saturated rings. The minimum Gasteiger partial charge on any atom is -0.497 e. The molecule has 4 nitrogen and oxygen atoms in total. The van der Waals surface area contributed by atoms with E-state index in [1.165, 1.54) is 48.8 Å². The van der Waals surface area contributed by atoms with Gasteiger partial charge in [-0.05, 0) is 46.9 Å². The summed E-state index contributed by atoms with van der Waals surface area (Å²) in [5.74, 6) is -0.255. The second kappa shape index (κ2) is 5.75. The second-order valence-electron chi connectivity index (χ2n) is 3.48. The molecule has 0 N–H and O–H groups in total. The van der Waals surface area contributed by atoms with Crippen LogP contribution in [0.5, 0.6) is 5.75 Å². The Bertz CT molecular complexity index is 537. The first-order chi connectivity index (χ1) is 8.26. The number of Topliss-reactive ketones (excluding diaryl/α,β-unsaturated/α-hetero) is 1. The lowest BCUT2D eigenvalue weighted by atomic mass is 10.1. The number of sulfone groups is 1. The van der Waals surface area contributed by atoms with Crippen molar-refractivity contribution in [3.05, 3.63) is 29.8 Å². The summed E-state index contributed by atoms with van der Waals surface area (Å²) in [5, 5.41) is 0. The number of ketones is 1. The number of alkyl halides is 2. The maximum absolute atomic E-state index is 12.1. The third-order valence-electron chi connectivity index (χ3n) is 2.39. The van der Waals surface area contributed by atoms with Crippen molar-refractivity contribution in [1.29, 1.82) is 0 Å². The van der Waals surface area contributed by atoms with Crippen molar-refractivity contribution in [2.75, 3.05) is 12.9 Å². The van der Waals surface area contributed by atoms with Gasteiger partial charge >= 0.3 is 0 Å². The largest absolute Gasteiger partial charge is 0.497 e. The first kappa shape index (κ1) is 15.7. The lowest BCUT2D eigenvalue weighted by Gasteiger charge is -2.18. The third kappa shape index (κ3) is 2.97. The molecule has 0 amide bonds. The van der Waals surface area contributed by atoms with Crippen LogP contribution in [0.2, 0.25) is 0 Å². The smallest absolute Gasteiger partial charge is 0.257 e. The van der Waals surface area contributed by atoms with Gasteiger partial charge in [0.05, 0.1) is 12.9 Å². The quantitative estimate of drug-likeness (QED) is 0.432. The third-order valence-corrected chi connectivity index (χ3v) is 7.49. The lowest BCUT2D eigenvalue weighted by Crippen LogP contribution is -2.36. The monoisotopic (exact) mass is 402 g/mol. The highest BCUT2D eigenvalue weighted by atomic mass is 127. The fraction of sp³-hybridized carbons (Fsp3) is 0.364. The number of methoxy groups -OCH3 is 1. The molecule has 100 valence electrons.